The van der Waals surface area contributed by atoms with E-state index in [0.29, 0.717) is 6.61 Å². The van der Waals surface area contributed by atoms with Gasteiger partial charge in [0.25, 0.3) is 0 Å². The largest absolute Gasteiger partial charge is 0.489 e. The average molecular weight is 347 g/mol. The minimum atomic E-state index is 0.513. The molecule has 0 amide bonds. The Morgan fingerprint density at radius 2 is 1.92 bits per heavy atom. The molecule has 26 heavy (non-hydrogen) atoms. The Balaban J connectivity index is 1.42. The second kappa shape index (κ2) is 7.75. The third-order valence-electron chi connectivity index (χ3n) is 4.97. The predicted molar refractivity (Wildman–Crippen MR) is 104 cm³/mol. The van der Waals surface area contributed by atoms with Crippen LogP contribution in [0.25, 0.3) is 11.3 Å². The van der Waals surface area contributed by atoms with Gasteiger partial charge in [0, 0.05) is 18.7 Å². The monoisotopic (exact) mass is 347 g/mol. The first-order valence-electron chi connectivity index (χ1n) is 9.38. The lowest BCUT2D eigenvalue weighted by Gasteiger charge is -2.13. The number of aromatic amines is 1. The Morgan fingerprint density at radius 1 is 1.08 bits per heavy atom. The molecule has 1 N–H and O–H groups in total. The molecule has 1 aromatic heterocycles. The van der Waals surface area contributed by atoms with Crippen molar-refractivity contribution in [3.8, 4) is 17.0 Å². The number of benzene rings is 2. The van der Waals surface area contributed by atoms with Crippen molar-refractivity contribution >= 4 is 0 Å². The van der Waals surface area contributed by atoms with Crippen molar-refractivity contribution in [2.75, 3.05) is 6.54 Å². The van der Waals surface area contributed by atoms with Crippen molar-refractivity contribution < 1.29 is 4.74 Å². The number of ether oxygens (including phenoxy) is 1. The molecular formula is C22H25N3O. The zero-order valence-electron chi connectivity index (χ0n) is 15.2. The first kappa shape index (κ1) is 16.9. The van der Waals surface area contributed by atoms with Crippen LogP contribution in [-0.2, 0) is 19.7 Å². The first-order valence-corrected chi connectivity index (χ1v) is 9.38. The molecule has 0 saturated heterocycles. The molecule has 0 bridgehead atoms. The molecule has 4 nitrogen and oxygen atoms in total. The van der Waals surface area contributed by atoms with Gasteiger partial charge in [-0.3, -0.25) is 10.00 Å². The van der Waals surface area contributed by atoms with E-state index in [0.717, 1.165) is 35.7 Å². The van der Waals surface area contributed by atoms with Gasteiger partial charge in [-0.1, -0.05) is 49.7 Å². The molecule has 3 aromatic rings. The first-order chi connectivity index (χ1) is 12.8. The van der Waals surface area contributed by atoms with Gasteiger partial charge in [0.1, 0.15) is 12.4 Å². The quantitative estimate of drug-likeness (QED) is 0.669. The fourth-order valence-corrected chi connectivity index (χ4v) is 3.51. The number of hydrogen-bond donors (Lipinski definition) is 1. The molecule has 2 aromatic carbocycles. The van der Waals surface area contributed by atoms with Gasteiger partial charge in [-0.05, 0) is 41.8 Å². The van der Waals surface area contributed by atoms with Crippen molar-refractivity contribution in [3.63, 3.8) is 0 Å². The van der Waals surface area contributed by atoms with Crippen LogP contribution in [0.5, 0.6) is 5.75 Å². The second-order valence-electron chi connectivity index (χ2n) is 6.92. The number of unbranched alkanes of at least 4 members (excludes halogenated alkanes) is 1. The summed E-state index contributed by atoms with van der Waals surface area (Å²) in [5.41, 5.74) is 6.05. The van der Waals surface area contributed by atoms with Crippen molar-refractivity contribution in [1.82, 2.24) is 15.1 Å². The number of fused-ring (bicyclic) bond motifs is 1. The Kier molecular flexibility index (Phi) is 5.02. The van der Waals surface area contributed by atoms with Crippen LogP contribution in [0.4, 0.5) is 0 Å². The van der Waals surface area contributed by atoms with E-state index < -0.39 is 0 Å². The maximum atomic E-state index is 6.08. The molecule has 1 aliphatic heterocycles. The van der Waals surface area contributed by atoms with Crippen LogP contribution in [0, 0.1) is 0 Å². The Bertz CT molecular complexity index is 857. The Morgan fingerprint density at radius 3 is 2.77 bits per heavy atom. The molecule has 1 aliphatic rings. The molecule has 2 heterocycles. The summed E-state index contributed by atoms with van der Waals surface area (Å²) in [7, 11) is 0. The van der Waals surface area contributed by atoms with Crippen molar-refractivity contribution in [2.45, 2.75) is 39.5 Å². The molecule has 4 heteroatoms. The molecule has 0 spiro atoms. The van der Waals surface area contributed by atoms with E-state index in [1.165, 1.54) is 30.5 Å². The van der Waals surface area contributed by atoms with Gasteiger partial charge in [-0.15, -0.1) is 0 Å². The van der Waals surface area contributed by atoms with E-state index in [-0.39, 0.29) is 0 Å². The van der Waals surface area contributed by atoms with Crippen molar-refractivity contribution in [2.24, 2.45) is 0 Å². The lowest BCUT2D eigenvalue weighted by molar-refractivity contribution is 0.279. The van der Waals surface area contributed by atoms with Crippen LogP contribution in [0.15, 0.2) is 54.7 Å². The zero-order valence-corrected chi connectivity index (χ0v) is 15.2. The van der Waals surface area contributed by atoms with E-state index in [4.69, 9.17) is 4.74 Å². The summed E-state index contributed by atoms with van der Waals surface area (Å²) < 4.78 is 6.08. The third kappa shape index (κ3) is 3.65. The summed E-state index contributed by atoms with van der Waals surface area (Å²) in [6.07, 6.45) is 4.36. The average Bonchev–Trinajstić information content (AvgIpc) is 3.31. The highest BCUT2D eigenvalue weighted by molar-refractivity contribution is 5.62. The van der Waals surface area contributed by atoms with Gasteiger partial charge in [-0.2, -0.15) is 5.10 Å². The number of H-pyrrole nitrogens is 1. The lowest BCUT2D eigenvalue weighted by atomic mass is 10.1. The van der Waals surface area contributed by atoms with E-state index in [9.17, 15) is 0 Å². The molecule has 0 saturated carbocycles. The smallest absolute Gasteiger partial charge is 0.120 e. The van der Waals surface area contributed by atoms with Crippen LogP contribution in [-0.4, -0.2) is 21.6 Å². The summed E-state index contributed by atoms with van der Waals surface area (Å²) in [4.78, 5) is 2.52. The summed E-state index contributed by atoms with van der Waals surface area (Å²) in [5.74, 6) is 0.932. The molecule has 0 fully saturated rings. The number of nitrogens with zero attached hydrogens (tertiary/aromatic N) is 2. The van der Waals surface area contributed by atoms with Gasteiger partial charge in [0.15, 0.2) is 0 Å². The topological polar surface area (TPSA) is 41.1 Å². The van der Waals surface area contributed by atoms with Gasteiger partial charge in [0.2, 0.25) is 0 Å². The van der Waals surface area contributed by atoms with Gasteiger partial charge in [0.05, 0.1) is 11.9 Å². The number of hydrogen-bond acceptors (Lipinski definition) is 3. The molecule has 0 unspecified atom stereocenters. The molecule has 0 aliphatic carbocycles. The predicted octanol–water partition coefficient (Wildman–Crippen LogP) is 4.77. The normalized spacial score (nSPS) is 13.7. The maximum Gasteiger partial charge on any atom is 0.120 e. The van der Waals surface area contributed by atoms with Crippen LogP contribution in [0.1, 0.15) is 36.5 Å². The molecule has 0 radical (unpaired) electrons. The SMILES string of the molecule is CCCCN1Cc2ccc(OCc3cn[nH]c3-c3ccccc3)cc2C1. The number of aromatic nitrogens is 2. The van der Waals surface area contributed by atoms with Gasteiger partial charge in [-0.25, -0.2) is 0 Å². The molecule has 0 atom stereocenters. The maximum absolute atomic E-state index is 6.08. The highest BCUT2D eigenvalue weighted by atomic mass is 16.5. The third-order valence-corrected chi connectivity index (χ3v) is 4.97. The Hall–Kier alpha value is -2.59. The zero-order chi connectivity index (χ0) is 17.8. The minimum absolute atomic E-state index is 0.513. The standard InChI is InChI=1S/C22H25N3O/c1-2-3-11-25-14-18-9-10-21(12-19(18)15-25)26-16-20-13-23-24-22(20)17-7-5-4-6-8-17/h4-10,12-13H,2-3,11,14-16H2,1H3,(H,23,24). The van der Waals surface area contributed by atoms with Crippen LogP contribution < -0.4 is 4.74 Å². The summed E-state index contributed by atoms with van der Waals surface area (Å²) in [6.45, 7) is 6.04. The van der Waals surface area contributed by atoms with E-state index in [1.807, 2.05) is 24.4 Å². The van der Waals surface area contributed by atoms with Crippen LogP contribution in [0.2, 0.25) is 0 Å². The molecular weight excluding hydrogens is 322 g/mol. The molecule has 4 rings (SSSR count). The van der Waals surface area contributed by atoms with E-state index >= 15 is 0 Å². The highest BCUT2D eigenvalue weighted by Gasteiger charge is 2.19. The fourth-order valence-electron chi connectivity index (χ4n) is 3.51. The fraction of sp³-hybridized carbons (Fsp3) is 0.318. The summed E-state index contributed by atoms with van der Waals surface area (Å²) in [6, 6.07) is 16.7. The van der Waals surface area contributed by atoms with Gasteiger partial charge >= 0.3 is 0 Å². The second-order valence-corrected chi connectivity index (χ2v) is 6.92. The lowest BCUT2D eigenvalue weighted by Crippen LogP contribution is -2.17. The molecule has 134 valence electrons. The van der Waals surface area contributed by atoms with E-state index in [2.05, 4.69) is 52.4 Å². The van der Waals surface area contributed by atoms with E-state index in [1.54, 1.807) is 0 Å². The summed E-state index contributed by atoms with van der Waals surface area (Å²) >= 11 is 0. The summed E-state index contributed by atoms with van der Waals surface area (Å²) in [5, 5.41) is 7.28. The van der Waals surface area contributed by atoms with Crippen LogP contribution >= 0.6 is 0 Å². The van der Waals surface area contributed by atoms with Crippen LogP contribution in [0.3, 0.4) is 0 Å². The Labute approximate surface area is 154 Å². The van der Waals surface area contributed by atoms with Gasteiger partial charge < -0.3 is 4.74 Å². The minimum Gasteiger partial charge on any atom is -0.489 e. The van der Waals surface area contributed by atoms with Crippen molar-refractivity contribution in [3.05, 3.63) is 71.4 Å². The number of rotatable bonds is 7. The number of nitrogens with one attached hydrogen (secondary N) is 1. The van der Waals surface area contributed by atoms with Crippen molar-refractivity contribution in [1.29, 1.82) is 0 Å². The highest BCUT2D eigenvalue weighted by Crippen LogP contribution is 2.28.